The molecule has 2 unspecified atom stereocenters. The van der Waals surface area contributed by atoms with E-state index in [9.17, 15) is 9.00 Å². The van der Waals surface area contributed by atoms with Crippen molar-refractivity contribution < 1.29 is 13.7 Å². The molecule has 0 radical (unpaired) electrons. The fourth-order valence-electron chi connectivity index (χ4n) is 3.99. The molecule has 2 atom stereocenters. The number of ether oxygens (including phenoxy) is 1. The first-order valence-corrected chi connectivity index (χ1v) is 14.0. The zero-order valence-electron chi connectivity index (χ0n) is 21.0. The van der Waals surface area contributed by atoms with E-state index in [1.165, 1.54) is 38.6 Å². The molecular weight excluding hydrogens is 472 g/mol. The monoisotopic (exact) mass is 506 g/mol. The Hall–Kier alpha value is -3.03. The molecule has 0 bridgehead atoms. The van der Waals surface area contributed by atoms with Gasteiger partial charge < -0.3 is 9.64 Å². The van der Waals surface area contributed by atoms with Crippen molar-refractivity contribution in [1.29, 1.82) is 0 Å². The van der Waals surface area contributed by atoms with E-state index in [1.807, 2.05) is 47.4 Å². The van der Waals surface area contributed by atoms with Gasteiger partial charge >= 0.3 is 0 Å². The smallest absolute Gasteiger partial charge is 0.225 e. The molecule has 2 aliphatic rings. The first-order valence-electron chi connectivity index (χ1n) is 12.4. The van der Waals surface area contributed by atoms with Crippen LogP contribution in [0.4, 0.5) is 5.95 Å². The second-order valence-electron chi connectivity index (χ2n) is 9.18. The van der Waals surface area contributed by atoms with Gasteiger partial charge in [-0.25, -0.2) is 18.9 Å². The van der Waals surface area contributed by atoms with Crippen LogP contribution in [0.2, 0.25) is 0 Å². The van der Waals surface area contributed by atoms with Crippen molar-refractivity contribution in [2.75, 3.05) is 31.1 Å². The normalized spacial score (nSPS) is 19.1. The van der Waals surface area contributed by atoms with Crippen molar-refractivity contribution in [1.82, 2.24) is 14.7 Å². The summed E-state index contributed by atoms with van der Waals surface area (Å²) in [6.07, 6.45) is 7.30. The third-order valence-corrected chi connectivity index (χ3v) is 8.41. The van der Waals surface area contributed by atoms with Crippen LogP contribution >= 0.6 is 0 Å². The van der Waals surface area contributed by atoms with E-state index in [2.05, 4.69) is 33.2 Å². The van der Waals surface area contributed by atoms with Gasteiger partial charge in [-0.1, -0.05) is 56.5 Å². The third-order valence-electron chi connectivity index (χ3n) is 6.51. The first-order chi connectivity index (χ1) is 17.4. The molecule has 1 aliphatic heterocycles. The molecule has 1 aromatic heterocycles. The molecule has 5 rings (SSSR count). The number of nitrogens with one attached hydrogen (secondary N) is 1. The molecule has 2 fully saturated rings. The highest BCUT2D eigenvalue weighted by Gasteiger charge is 2.24. The number of nitrogens with zero attached hydrogens (tertiary/aromatic N) is 3. The van der Waals surface area contributed by atoms with Gasteiger partial charge in [0, 0.05) is 32.0 Å². The van der Waals surface area contributed by atoms with Gasteiger partial charge in [0.05, 0.1) is 32.9 Å². The fourth-order valence-corrected chi connectivity index (χ4v) is 5.40. The third kappa shape index (κ3) is 6.59. The summed E-state index contributed by atoms with van der Waals surface area (Å²) in [5, 5.41) is 4.79. The molecule has 1 N–H and O–H groups in total. The van der Waals surface area contributed by atoms with E-state index in [4.69, 9.17) is 4.74 Å². The number of carbonyl (C=O) groups is 1. The average molecular weight is 507 g/mol. The van der Waals surface area contributed by atoms with Crippen LogP contribution in [0.15, 0.2) is 66.3 Å². The largest absolute Gasteiger partial charge is 0.373 e. The van der Waals surface area contributed by atoms with Crippen molar-refractivity contribution in [2.45, 2.75) is 44.1 Å². The Morgan fingerprint density at radius 1 is 1.19 bits per heavy atom. The number of rotatable bonds is 7. The molecule has 2 aromatic carbocycles. The molecule has 0 amide bonds. The number of benzene rings is 2. The van der Waals surface area contributed by atoms with E-state index < -0.39 is 9.71 Å². The zero-order valence-corrected chi connectivity index (χ0v) is 21.8. The number of hydrogen-bond donors (Lipinski definition) is 1. The Balaban J connectivity index is 0.000000543. The van der Waals surface area contributed by atoms with E-state index in [1.54, 1.807) is 0 Å². The van der Waals surface area contributed by atoms with Gasteiger partial charge in [-0.05, 0) is 47.3 Å². The van der Waals surface area contributed by atoms with Crippen LogP contribution in [0, 0.1) is 5.92 Å². The molecule has 1 aliphatic carbocycles. The average Bonchev–Trinajstić information content (AvgIpc) is 3.77. The predicted molar refractivity (Wildman–Crippen MR) is 146 cm³/mol. The molecule has 190 valence electrons. The summed E-state index contributed by atoms with van der Waals surface area (Å²) >= 11 is 0. The number of anilines is 1. The van der Waals surface area contributed by atoms with E-state index in [0.29, 0.717) is 42.6 Å². The van der Waals surface area contributed by atoms with E-state index in [0.717, 1.165) is 16.7 Å². The molecule has 2 heterocycles. The standard InChI is InChI=1S/C23H24N4O3S.C5H10/c1-3-31(29,22-9-8-18-6-4-5-7-19(18)12-22)26-15-21-16-27(10-11-30-21)23-24-13-20(14-25-23)17(2)28;1-2-5-3-4-5/h4-9,12-14,21H,1,10-11,15-16H2,2H3,(H,26,29);5H,2-4H2,1H3. The molecule has 36 heavy (non-hydrogen) atoms. The lowest BCUT2D eigenvalue weighted by atomic mass is 10.1. The summed E-state index contributed by atoms with van der Waals surface area (Å²) in [5.74, 6) is 1.61. The Morgan fingerprint density at radius 3 is 2.53 bits per heavy atom. The van der Waals surface area contributed by atoms with Crippen LogP contribution in [-0.2, 0) is 14.4 Å². The van der Waals surface area contributed by atoms with Gasteiger partial charge in [0.25, 0.3) is 0 Å². The molecule has 8 heteroatoms. The topological polar surface area (TPSA) is 84.4 Å². The van der Waals surface area contributed by atoms with Crippen molar-refractivity contribution in [3.05, 3.63) is 67.0 Å². The molecule has 1 saturated carbocycles. The van der Waals surface area contributed by atoms with Gasteiger partial charge in [-0.2, -0.15) is 0 Å². The lowest BCUT2D eigenvalue weighted by Crippen LogP contribution is -2.48. The van der Waals surface area contributed by atoms with Crippen LogP contribution in [0.1, 0.15) is 43.5 Å². The molecular formula is C28H34N4O3S. The zero-order chi connectivity index (χ0) is 25.5. The fraction of sp³-hybridized carbons (Fsp3) is 0.393. The number of Topliss-reactive ketones (excluding diaryl/α,β-unsaturated/α-hetero) is 1. The van der Waals surface area contributed by atoms with Crippen LogP contribution < -0.4 is 9.62 Å². The Kier molecular flexibility index (Phi) is 8.54. The quantitative estimate of drug-likeness (QED) is 0.380. The van der Waals surface area contributed by atoms with Crippen molar-refractivity contribution >= 4 is 37.2 Å². The number of carbonyl (C=O) groups excluding carboxylic acids is 1. The van der Waals surface area contributed by atoms with Crippen molar-refractivity contribution in [3.63, 3.8) is 0 Å². The maximum Gasteiger partial charge on any atom is 0.225 e. The summed E-state index contributed by atoms with van der Waals surface area (Å²) in [6, 6.07) is 13.6. The molecule has 3 aromatic rings. The summed E-state index contributed by atoms with van der Waals surface area (Å²) in [4.78, 5) is 22.7. The number of aromatic nitrogens is 2. The van der Waals surface area contributed by atoms with Gasteiger partial charge in [-0.15, -0.1) is 0 Å². The van der Waals surface area contributed by atoms with Crippen molar-refractivity contribution in [3.8, 4) is 0 Å². The van der Waals surface area contributed by atoms with Gasteiger partial charge in [0.1, 0.15) is 0 Å². The minimum absolute atomic E-state index is 0.0697. The highest BCUT2D eigenvalue weighted by molar-refractivity contribution is 7.99. The van der Waals surface area contributed by atoms with Gasteiger partial charge in [0.2, 0.25) is 5.95 Å². The maximum atomic E-state index is 13.5. The van der Waals surface area contributed by atoms with Crippen LogP contribution in [0.5, 0.6) is 0 Å². The number of morpholine rings is 1. The Bertz CT molecular complexity index is 1340. The maximum absolute atomic E-state index is 13.5. The highest BCUT2D eigenvalue weighted by Crippen LogP contribution is 2.31. The number of fused-ring (bicyclic) bond motifs is 1. The minimum Gasteiger partial charge on any atom is -0.373 e. The summed E-state index contributed by atoms with van der Waals surface area (Å²) in [5.41, 5.74) is 0.479. The lowest BCUT2D eigenvalue weighted by molar-refractivity contribution is 0.0438. The van der Waals surface area contributed by atoms with Crippen LogP contribution in [0.25, 0.3) is 10.8 Å². The Labute approximate surface area is 213 Å². The van der Waals surface area contributed by atoms with Crippen LogP contribution in [0.3, 0.4) is 0 Å². The highest BCUT2D eigenvalue weighted by atomic mass is 32.2. The van der Waals surface area contributed by atoms with Crippen LogP contribution in [-0.4, -0.2) is 57.3 Å². The summed E-state index contributed by atoms with van der Waals surface area (Å²) in [7, 11) is -2.77. The first kappa shape index (κ1) is 26.0. The lowest BCUT2D eigenvalue weighted by Gasteiger charge is -2.33. The van der Waals surface area contributed by atoms with Gasteiger partial charge in [-0.3, -0.25) is 4.79 Å². The summed E-state index contributed by atoms with van der Waals surface area (Å²) in [6.45, 7) is 9.46. The molecule has 0 spiro atoms. The van der Waals surface area contributed by atoms with E-state index >= 15 is 0 Å². The minimum atomic E-state index is -2.77. The number of hydrogen-bond acceptors (Lipinski definition) is 6. The molecule has 1 saturated heterocycles. The SMILES string of the molecule is C=C=S(=O)(NCC1CN(c2ncc(C(C)=O)cn2)CCO1)c1ccc2ccccc2c1.CCC1CC1. The van der Waals surface area contributed by atoms with Gasteiger partial charge in [0.15, 0.2) is 5.78 Å². The second kappa shape index (κ2) is 11.8. The van der Waals surface area contributed by atoms with Crippen molar-refractivity contribution in [2.24, 2.45) is 5.92 Å². The van der Waals surface area contributed by atoms with E-state index in [-0.39, 0.29) is 11.9 Å². The number of ketones is 1. The predicted octanol–water partition coefficient (Wildman–Crippen LogP) is 4.28. The summed E-state index contributed by atoms with van der Waals surface area (Å²) < 4.78 is 22.4. The Morgan fingerprint density at radius 2 is 1.92 bits per heavy atom. The second-order valence-corrected chi connectivity index (χ2v) is 11.3. The molecule has 7 nitrogen and oxygen atoms in total.